The molecule has 0 bridgehead atoms. The van der Waals surface area contributed by atoms with E-state index < -0.39 is 17.9 Å². The van der Waals surface area contributed by atoms with Crippen molar-refractivity contribution in [2.75, 3.05) is 0 Å². The third-order valence-corrected chi connectivity index (χ3v) is 3.84. The topological polar surface area (TPSA) is 107 Å². The molecule has 0 aliphatic rings. The summed E-state index contributed by atoms with van der Waals surface area (Å²) >= 11 is 0. The fourth-order valence-corrected chi connectivity index (χ4v) is 2.43. The summed E-state index contributed by atoms with van der Waals surface area (Å²) in [5.41, 5.74) is 1.69. The van der Waals surface area contributed by atoms with Crippen molar-refractivity contribution in [3.8, 4) is 6.07 Å². The van der Waals surface area contributed by atoms with Gasteiger partial charge in [0.25, 0.3) is 5.91 Å². The smallest absolute Gasteiger partial charge is 0.303 e. The van der Waals surface area contributed by atoms with Crippen molar-refractivity contribution >= 4 is 17.7 Å². The van der Waals surface area contributed by atoms with Crippen LogP contribution in [0, 0.1) is 11.3 Å². The van der Waals surface area contributed by atoms with Crippen molar-refractivity contribution < 1.29 is 19.5 Å². The minimum absolute atomic E-state index is 0.161. The number of nitrogens with zero attached hydrogens (tertiary/aromatic N) is 1. The van der Waals surface area contributed by atoms with Crippen LogP contribution in [0.25, 0.3) is 0 Å². The molecular weight excluding hydrogens is 332 g/mol. The monoisotopic (exact) mass is 350 g/mol. The largest absolute Gasteiger partial charge is 0.481 e. The lowest BCUT2D eigenvalue weighted by Crippen LogP contribution is -2.42. The lowest BCUT2D eigenvalue weighted by molar-refractivity contribution is -0.138. The van der Waals surface area contributed by atoms with Gasteiger partial charge in [0.1, 0.15) is 0 Å². The Labute approximate surface area is 151 Å². The predicted molar refractivity (Wildman–Crippen MR) is 94.4 cm³/mol. The maximum atomic E-state index is 12.4. The van der Waals surface area contributed by atoms with Gasteiger partial charge in [-0.15, -0.1) is 0 Å². The Morgan fingerprint density at radius 3 is 2.23 bits per heavy atom. The highest BCUT2D eigenvalue weighted by molar-refractivity contribution is 5.98. The van der Waals surface area contributed by atoms with E-state index in [1.54, 1.807) is 54.6 Å². The highest BCUT2D eigenvalue weighted by Gasteiger charge is 2.22. The number of benzene rings is 2. The molecule has 0 heterocycles. The molecule has 0 fully saturated rings. The number of aliphatic carboxylic acids is 1. The van der Waals surface area contributed by atoms with Gasteiger partial charge in [0, 0.05) is 12.0 Å². The number of ketones is 1. The van der Waals surface area contributed by atoms with E-state index in [1.165, 1.54) is 0 Å². The van der Waals surface area contributed by atoms with Crippen LogP contribution in [0.15, 0.2) is 54.6 Å². The molecule has 0 spiro atoms. The van der Waals surface area contributed by atoms with Gasteiger partial charge in [-0.1, -0.05) is 30.3 Å². The van der Waals surface area contributed by atoms with E-state index in [1.807, 2.05) is 6.07 Å². The Morgan fingerprint density at radius 2 is 1.65 bits per heavy atom. The van der Waals surface area contributed by atoms with Gasteiger partial charge < -0.3 is 10.4 Å². The Morgan fingerprint density at radius 1 is 1.00 bits per heavy atom. The van der Waals surface area contributed by atoms with Crippen molar-refractivity contribution in [3.63, 3.8) is 0 Å². The van der Waals surface area contributed by atoms with E-state index in [0.717, 1.165) is 5.56 Å². The number of carboxylic acids is 1. The summed E-state index contributed by atoms with van der Waals surface area (Å²) in [4.78, 5) is 35.5. The number of Topliss-reactive ketones (excluding diaryl/α,β-unsaturated/α-hetero) is 1. The number of carboxylic acid groups (broad SMARTS) is 1. The molecule has 0 saturated carbocycles. The molecule has 0 aliphatic carbocycles. The van der Waals surface area contributed by atoms with Crippen LogP contribution in [0.4, 0.5) is 0 Å². The zero-order valence-electron chi connectivity index (χ0n) is 14.0. The average Bonchev–Trinajstić information content (AvgIpc) is 2.66. The van der Waals surface area contributed by atoms with Crippen LogP contribution in [-0.4, -0.2) is 28.8 Å². The van der Waals surface area contributed by atoms with Gasteiger partial charge in [0.2, 0.25) is 0 Å². The van der Waals surface area contributed by atoms with Crippen LogP contribution >= 0.6 is 0 Å². The van der Waals surface area contributed by atoms with E-state index in [-0.39, 0.29) is 25.0 Å². The fraction of sp³-hybridized carbons (Fsp3) is 0.200. The van der Waals surface area contributed by atoms with Crippen LogP contribution in [0.5, 0.6) is 0 Å². The molecule has 132 valence electrons. The molecule has 0 aliphatic heterocycles. The number of amides is 1. The first-order chi connectivity index (χ1) is 12.5. The summed E-state index contributed by atoms with van der Waals surface area (Å²) in [6.07, 6.45) is -0.224. The summed E-state index contributed by atoms with van der Waals surface area (Å²) in [6, 6.07) is 16.4. The first-order valence-corrected chi connectivity index (χ1v) is 8.09. The Kier molecular flexibility index (Phi) is 6.63. The molecule has 0 saturated heterocycles. The van der Waals surface area contributed by atoms with Crippen molar-refractivity contribution in [3.05, 3.63) is 71.3 Å². The molecule has 2 aromatic carbocycles. The molecular formula is C20H18N2O4. The molecule has 0 radical (unpaired) electrons. The number of hydrogen-bond acceptors (Lipinski definition) is 4. The molecule has 2 aromatic rings. The van der Waals surface area contributed by atoms with Crippen molar-refractivity contribution in [1.29, 1.82) is 5.26 Å². The quantitative estimate of drug-likeness (QED) is 0.760. The summed E-state index contributed by atoms with van der Waals surface area (Å²) in [6.45, 7) is 0. The zero-order valence-corrected chi connectivity index (χ0v) is 14.0. The fourth-order valence-electron chi connectivity index (χ4n) is 2.43. The zero-order chi connectivity index (χ0) is 18.9. The van der Waals surface area contributed by atoms with Crippen LogP contribution in [0.1, 0.15) is 34.3 Å². The molecule has 6 heteroatoms. The molecule has 26 heavy (non-hydrogen) atoms. The highest BCUT2D eigenvalue weighted by Crippen LogP contribution is 2.10. The second-order valence-corrected chi connectivity index (χ2v) is 5.76. The third kappa shape index (κ3) is 5.56. The van der Waals surface area contributed by atoms with Crippen molar-refractivity contribution in [2.45, 2.75) is 25.3 Å². The Bertz CT molecular complexity index is 823. The molecule has 1 amide bonds. The lowest BCUT2D eigenvalue weighted by Gasteiger charge is -2.18. The van der Waals surface area contributed by atoms with Gasteiger partial charge in [-0.05, 0) is 36.2 Å². The molecule has 2 N–H and O–H groups in total. The predicted octanol–water partition coefficient (Wildman–Crippen LogP) is 2.33. The highest BCUT2D eigenvalue weighted by atomic mass is 16.4. The van der Waals surface area contributed by atoms with Gasteiger partial charge in [-0.25, -0.2) is 0 Å². The molecule has 0 aromatic heterocycles. The van der Waals surface area contributed by atoms with Crippen LogP contribution in [-0.2, 0) is 16.0 Å². The maximum absolute atomic E-state index is 12.4. The Hall–Kier alpha value is -3.46. The number of carbonyl (C=O) groups excluding carboxylic acids is 2. The number of hydrogen-bond donors (Lipinski definition) is 2. The number of nitrogens with one attached hydrogen (secondary N) is 1. The molecule has 6 nitrogen and oxygen atoms in total. The first kappa shape index (κ1) is 18.9. The average molecular weight is 350 g/mol. The standard InChI is InChI=1S/C20H18N2O4/c21-13-15-8-6-14(7-9-15)12-17(18(23)10-11-19(24)25)22-20(26)16-4-2-1-3-5-16/h1-9,17H,10-12H2,(H,22,26)(H,24,25)/t17-/m1/s1. The normalized spacial score (nSPS) is 11.2. The van der Waals surface area contributed by atoms with Crippen molar-refractivity contribution in [2.24, 2.45) is 0 Å². The third-order valence-electron chi connectivity index (χ3n) is 3.84. The summed E-state index contributed by atoms with van der Waals surface area (Å²) in [7, 11) is 0. The second kappa shape index (κ2) is 9.14. The molecule has 2 rings (SSSR count). The second-order valence-electron chi connectivity index (χ2n) is 5.76. The van der Waals surface area contributed by atoms with Crippen LogP contribution in [0.2, 0.25) is 0 Å². The Balaban J connectivity index is 2.14. The SMILES string of the molecule is N#Cc1ccc(C[C@@H](NC(=O)c2ccccc2)C(=O)CCC(=O)O)cc1. The van der Waals surface area contributed by atoms with Gasteiger partial charge in [0.05, 0.1) is 24.1 Å². The van der Waals surface area contributed by atoms with E-state index in [2.05, 4.69) is 5.32 Å². The van der Waals surface area contributed by atoms with Gasteiger partial charge >= 0.3 is 5.97 Å². The molecule has 1 atom stereocenters. The lowest BCUT2D eigenvalue weighted by atomic mass is 9.98. The summed E-state index contributed by atoms with van der Waals surface area (Å²) in [5.74, 6) is -1.81. The summed E-state index contributed by atoms with van der Waals surface area (Å²) < 4.78 is 0. The number of carbonyl (C=O) groups is 3. The van der Waals surface area contributed by atoms with Crippen molar-refractivity contribution in [1.82, 2.24) is 5.32 Å². The number of nitriles is 1. The van der Waals surface area contributed by atoms with E-state index in [4.69, 9.17) is 10.4 Å². The summed E-state index contributed by atoms with van der Waals surface area (Å²) in [5, 5.41) is 20.3. The van der Waals surface area contributed by atoms with Crippen LogP contribution < -0.4 is 5.32 Å². The van der Waals surface area contributed by atoms with Crippen LogP contribution in [0.3, 0.4) is 0 Å². The van der Waals surface area contributed by atoms with Gasteiger partial charge in [0.15, 0.2) is 5.78 Å². The number of rotatable bonds is 8. The van der Waals surface area contributed by atoms with E-state index in [0.29, 0.717) is 11.1 Å². The minimum atomic E-state index is -1.06. The maximum Gasteiger partial charge on any atom is 0.303 e. The van der Waals surface area contributed by atoms with E-state index in [9.17, 15) is 14.4 Å². The van der Waals surface area contributed by atoms with Gasteiger partial charge in [-0.2, -0.15) is 5.26 Å². The minimum Gasteiger partial charge on any atom is -0.481 e. The molecule has 0 unspecified atom stereocenters. The first-order valence-electron chi connectivity index (χ1n) is 8.09. The van der Waals surface area contributed by atoms with Gasteiger partial charge in [-0.3, -0.25) is 14.4 Å². The van der Waals surface area contributed by atoms with E-state index >= 15 is 0 Å².